The van der Waals surface area contributed by atoms with Gasteiger partial charge < -0.3 is 20.5 Å². The highest BCUT2D eigenvalue weighted by Gasteiger charge is 2.29. The Morgan fingerprint density at radius 2 is 1.71 bits per heavy atom. The molecular formula is C25H26N4O5. The molecule has 0 saturated carbocycles. The largest absolute Gasteiger partial charge is 0.477 e. The summed E-state index contributed by atoms with van der Waals surface area (Å²) >= 11 is 0. The molecule has 2 amide bonds. The number of carboxylic acid groups (broad SMARTS) is 1. The number of amides is 2. The number of carbonyl (C=O) groups excluding carboxylic acids is 2. The van der Waals surface area contributed by atoms with E-state index in [4.69, 9.17) is 4.74 Å². The van der Waals surface area contributed by atoms with Crippen molar-refractivity contribution in [3.8, 4) is 11.1 Å². The fraction of sp³-hybridized carbons (Fsp3) is 0.280. The Balaban J connectivity index is 1.27. The third-order valence-corrected chi connectivity index (χ3v) is 5.90. The summed E-state index contributed by atoms with van der Waals surface area (Å²) < 4.78 is 6.80. The van der Waals surface area contributed by atoms with E-state index in [1.165, 1.54) is 10.9 Å². The van der Waals surface area contributed by atoms with E-state index >= 15 is 0 Å². The van der Waals surface area contributed by atoms with E-state index < -0.39 is 12.1 Å². The van der Waals surface area contributed by atoms with Gasteiger partial charge in [-0.1, -0.05) is 55.5 Å². The molecule has 3 aromatic rings. The molecule has 34 heavy (non-hydrogen) atoms. The number of nitrogens with one attached hydrogen (secondary N) is 2. The van der Waals surface area contributed by atoms with Crippen LogP contribution in [0, 0.1) is 5.92 Å². The Bertz CT molecular complexity index is 1190. The molecule has 1 unspecified atom stereocenters. The summed E-state index contributed by atoms with van der Waals surface area (Å²) in [6.45, 7) is 2.26. The summed E-state index contributed by atoms with van der Waals surface area (Å²) in [5.41, 5.74) is 4.51. The quantitative estimate of drug-likeness (QED) is 0.470. The predicted octanol–water partition coefficient (Wildman–Crippen LogP) is 3.62. The Morgan fingerprint density at radius 1 is 1.09 bits per heavy atom. The van der Waals surface area contributed by atoms with Gasteiger partial charge in [-0.05, 0) is 28.2 Å². The van der Waals surface area contributed by atoms with Gasteiger partial charge in [0.05, 0.1) is 6.20 Å². The zero-order valence-corrected chi connectivity index (χ0v) is 18.9. The third kappa shape index (κ3) is 4.78. The highest BCUT2D eigenvalue weighted by Crippen LogP contribution is 2.44. The zero-order chi connectivity index (χ0) is 24.2. The van der Waals surface area contributed by atoms with Gasteiger partial charge in [0, 0.05) is 25.9 Å². The van der Waals surface area contributed by atoms with Gasteiger partial charge >= 0.3 is 12.1 Å². The van der Waals surface area contributed by atoms with Crippen molar-refractivity contribution in [3.05, 3.63) is 71.4 Å². The molecule has 1 heterocycles. The van der Waals surface area contributed by atoms with Crippen molar-refractivity contribution in [1.29, 1.82) is 0 Å². The minimum atomic E-state index is -1.17. The average Bonchev–Trinajstić information content (AvgIpc) is 3.34. The number of nitrogens with zero attached hydrogens (tertiary/aromatic N) is 2. The minimum absolute atomic E-state index is 0.0244. The molecule has 9 nitrogen and oxygen atoms in total. The first-order valence-corrected chi connectivity index (χ1v) is 11.0. The summed E-state index contributed by atoms with van der Waals surface area (Å²) in [6.07, 6.45) is 0.724. The molecule has 0 radical (unpaired) electrons. The van der Waals surface area contributed by atoms with Crippen molar-refractivity contribution in [2.75, 3.05) is 18.5 Å². The summed E-state index contributed by atoms with van der Waals surface area (Å²) in [5, 5.41) is 18.3. The van der Waals surface area contributed by atoms with Crippen LogP contribution < -0.4 is 10.6 Å². The molecule has 176 valence electrons. The molecule has 0 spiro atoms. The summed E-state index contributed by atoms with van der Waals surface area (Å²) in [4.78, 5) is 35.9. The van der Waals surface area contributed by atoms with Gasteiger partial charge in [-0.3, -0.25) is 9.48 Å². The van der Waals surface area contributed by atoms with Crippen LogP contribution in [0.5, 0.6) is 0 Å². The number of benzene rings is 2. The molecule has 0 bridgehead atoms. The lowest BCUT2D eigenvalue weighted by Gasteiger charge is -2.16. The number of carboxylic acids is 1. The van der Waals surface area contributed by atoms with Crippen molar-refractivity contribution in [3.63, 3.8) is 0 Å². The maximum Gasteiger partial charge on any atom is 0.407 e. The minimum Gasteiger partial charge on any atom is -0.477 e. The standard InChI is InChI=1S/C25H26N4O5/c1-15(11-22(30)28-23-20(24(31)32)13-27-29(23)2)12-26-25(33)34-14-21-18-9-5-3-7-16(18)17-8-4-6-10-19(17)21/h3-10,13,15,21H,11-12,14H2,1-2H3,(H,26,33)(H,28,30)(H,31,32). The molecule has 1 aliphatic carbocycles. The number of ether oxygens (including phenoxy) is 1. The lowest BCUT2D eigenvalue weighted by atomic mass is 9.98. The highest BCUT2D eigenvalue weighted by molar-refractivity contribution is 5.99. The van der Waals surface area contributed by atoms with Crippen LogP contribution in [0.15, 0.2) is 54.7 Å². The second-order valence-corrected chi connectivity index (χ2v) is 8.40. The van der Waals surface area contributed by atoms with Crippen LogP contribution in [-0.2, 0) is 16.6 Å². The number of rotatable bonds is 8. The molecule has 0 aliphatic heterocycles. The first-order chi connectivity index (χ1) is 16.3. The van der Waals surface area contributed by atoms with Gasteiger partial charge in [0.2, 0.25) is 5.91 Å². The number of aryl methyl sites for hydroxylation is 1. The normalized spacial score (nSPS) is 13.0. The van der Waals surface area contributed by atoms with Crippen molar-refractivity contribution >= 4 is 23.8 Å². The number of hydrogen-bond acceptors (Lipinski definition) is 5. The summed E-state index contributed by atoms with van der Waals surface area (Å²) in [6, 6.07) is 16.2. The average molecular weight is 463 g/mol. The SMILES string of the molecule is CC(CNC(=O)OCC1c2ccccc2-c2ccccc21)CC(=O)Nc1c(C(=O)O)cnn1C. The van der Waals surface area contributed by atoms with Crippen molar-refractivity contribution in [1.82, 2.24) is 15.1 Å². The number of alkyl carbamates (subject to hydrolysis) is 1. The molecule has 2 aromatic carbocycles. The molecule has 1 aromatic heterocycles. The van der Waals surface area contributed by atoms with Crippen molar-refractivity contribution in [2.45, 2.75) is 19.3 Å². The molecule has 0 fully saturated rings. The smallest absolute Gasteiger partial charge is 0.407 e. The molecule has 1 atom stereocenters. The van der Waals surface area contributed by atoms with Crippen LogP contribution in [-0.4, -0.2) is 46.0 Å². The number of hydrogen-bond donors (Lipinski definition) is 3. The Kier molecular flexibility index (Phi) is 6.62. The van der Waals surface area contributed by atoms with Gasteiger partial charge in [-0.15, -0.1) is 0 Å². The predicted molar refractivity (Wildman–Crippen MR) is 126 cm³/mol. The van der Waals surface area contributed by atoms with Gasteiger partial charge in [-0.25, -0.2) is 9.59 Å². The fourth-order valence-electron chi connectivity index (χ4n) is 4.22. The van der Waals surface area contributed by atoms with Crippen molar-refractivity contribution in [2.24, 2.45) is 13.0 Å². The number of anilines is 1. The Labute approximate surface area is 196 Å². The molecule has 4 rings (SSSR count). The fourth-order valence-corrected chi connectivity index (χ4v) is 4.22. The maximum atomic E-state index is 12.3. The van der Waals surface area contributed by atoms with Crippen LogP contribution >= 0.6 is 0 Å². The Morgan fingerprint density at radius 3 is 2.32 bits per heavy atom. The van der Waals surface area contributed by atoms with E-state index in [0.29, 0.717) is 0 Å². The van der Waals surface area contributed by atoms with Gasteiger partial charge in [0.15, 0.2) is 0 Å². The van der Waals surface area contributed by atoms with Crippen molar-refractivity contribution < 1.29 is 24.2 Å². The van der Waals surface area contributed by atoms with Crippen LogP contribution in [0.25, 0.3) is 11.1 Å². The zero-order valence-electron chi connectivity index (χ0n) is 18.9. The monoisotopic (exact) mass is 462 g/mol. The summed E-state index contributed by atoms with van der Waals surface area (Å²) in [5.74, 6) is -1.64. The van der Waals surface area contributed by atoms with Crippen LogP contribution in [0.4, 0.5) is 10.6 Å². The first kappa shape index (κ1) is 23.0. The van der Waals surface area contributed by atoms with Crippen LogP contribution in [0.3, 0.4) is 0 Å². The number of carbonyl (C=O) groups is 3. The van der Waals surface area contributed by atoms with Gasteiger partial charge in [-0.2, -0.15) is 5.10 Å². The number of aromatic nitrogens is 2. The van der Waals surface area contributed by atoms with Gasteiger partial charge in [0.25, 0.3) is 0 Å². The van der Waals surface area contributed by atoms with Gasteiger partial charge in [0.1, 0.15) is 18.0 Å². The molecule has 1 aliphatic rings. The first-order valence-electron chi connectivity index (χ1n) is 11.0. The second-order valence-electron chi connectivity index (χ2n) is 8.40. The number of aromatic carboxylic acids is 1. The van der Waals surface area contributed by atoms with E-state index in [2.05, 4.69) is 40.0 Å². The van der Waals surface area contributed by atoms with E-state index in [9.17, 15) is 19.5 Å². The Hall–Kier alpha value is -4.14. The van der Waals surface area contributed by atoms with E-state index in [0.717, 1.165) is 22.3 Å². The molecule has 0 saturated heterocycles. The van der Waals surface area contributed by atoms with E-state index in [1.807, 2.05) is 31.2 Å². The van der Waals surface area contributed by atoms with Crippen LogP contribution in [0.2, 0.25) is 0 Å². The lowest BCUT2D eigenvalue weighted by Crippen LogP contribution is -2.31. The third-order valence-electron chi connectivity index (χ3n) is 5.90. The maximum absolute atomic E-state index is 12.3. The van der Waals surface area contributed by atoms with Crippen LogP contribution in [0.1, 0.15) is 40.7 Å². The summed E-state index contributed by atoms with van der Waals surface area (Å²) in [7, 11) is 1.55. The molecule has 9 heteroatoms. The molecular weight excluding hydrogens is 436 g/mol. The van der Waals surface area contributed by atoms with E-state index in [-0.39, 0.29) is 48.7 Å². The highest BCUT2D eigenvalue weighted by atomic mass is 16.5. The lowest BCUT2D eigenvalue weighted by molar-refractivity contribution is -0.117. The molecule has 3 N–H and O–H groups in total. The van der Waals surface area contributed by atoms with E-state index in [1.54, 1.807) is 7.05 Å². The topological polar surface area (TPSA) is 123 Å². The number of fused-ring (bicyclic) bond motifs is 3. The second kappa shape index (κ2) is 9.78.